The van der Waals surface area contributed by atoms with Gasteiger partial charge in [0.05, 0.1) is 5.02 Å². The van der Waals surface area contributed by atoms with Crippen molar-refractivity contribution in [1.82, 2.24) is 14.8 Å². The van der Waals surface area contributed by atoms with Gasteiger partial charge in [0.25, 0.3) is 0 Å². The summed E-state index contributed by atoms with van der Waals surface area (Å²) in [4.78, 5) is 4.72. The van der Waals surface area contributed by atoms with Gasteiger partial charge in [-0.15, -0.1) is 0 Å². The van der Waals surface area contributed by atoms with E-state index in [2.05, 4.69) is 5.10 Å². The van der Waals surface area contributed by atoms with Crippen molar-refractivity contribution in [3.05, 3.63) is 29.0 Å². The summed E-state index contributed by atoms with van der Waals surface area (Å²) in [6.45, 7) is 0. The fourth-order valence-electron chi connectivity index (χ4n) is 2.89. The van der Waals surface area contributed by atoms with Crippen molar-refractivity contribution in [2.45, 2.75) is 38.0 Å². The zero-order chi connectivity index (χ0) is 14.1. The fourth-order valence-corrected chi connectivity index (χ4v) is 3.09. The average Bonchev–Trinajstić information content (AvgIpc) is 2.84. The third-order valence-corrected chi connectivity index (χ3v) is 4.31. The van der Waals surface area contributed by atoms with E-state index in [0.29, 0.717) is 16.6 Å². The number of aromatic nitrogens is 3. The van der Waals surface area contributed by atoms with Crippen molar-refractivity contribution in [3.63, 3.8) is 0 Å². The van der Waals surface area contributed by atoms with Gasteiger partial charge in [-0.1, -0.05) is 30.9 Å². The molecule has 1 aliphatic carbocycles. The average molecular weight is 291 g/mol. The summed E-state index contributed by atoms with van der Waals surface area (Å²) in [5.74, 6) is 2.23. The van der Waals surface area contributed by atoms with Crippen LogP contribution in [0.25, 0.3) is 11.4 Å². The van der Waals surface area contributed by atoms with Gasteiger partial charge in [-0.25, -0.2) is 9.67 Å². The van der Waals surface area contributed by atoms with Crippen LogP contribution in [0.2, 0.25) is 5.02 Å². The first-order valence-electron chi connectivity index (χ1n) is 7.11. The van der Waals surface area contributed by atoms with E-state index in [0.717, 1.165) is 17.2 Å². The third-order valence-electron chi connectivity index (χ3n) is 3.98. The maximum atomic E-state index is 6.26. The Kier molecular flexibility index (Phi) is 3.66. The topological polar surface area (TPSA) is 56.7 Å². The Balaban J connectivity index is 1.98. The molecule has 1 aromatic heterocycles. The zero-order valence-corrected chi connectivity index (χ0v) is 12.4. The summed E-state index contributed by atoms with van der Waals surface area (Å²) >= 11 is 6.26. The zero-order valence-electron chi connectivity index (χ0n) is 11.6. The molecule has 0 atom stereocenters. The van der Waals surface area contributed by atoms with Crippen molar-refractivity contribution in [2.75, 3.05) is 5.73 Å². The van der Waals surface area contributed by atoms with E-state index >= 15 is 0 Å². The second-order valence-electron chi connectivity index (χ2n) is 5.49. The minimum absolute atomic E-state index is 0.489. The van der Waals surface area contributed by atoms with Gasteiger partial charge in [0, 0.05) is 24.2 Å². The summed E-state index contributed by atoms with van der Waals surface area (Å²) in [6, 6.07) is 5.46. The van der Waals surface area contributed by atoms with Gasteiger partial charge < -0.3 is 5.73 Å². The Morgan fingerprint density at radius 1 is 1.25 bits per heavy atom. The molecule has 0 amide bonds. The van der Waals surface area contributed by atoms with Crippen molar-refractivity contribution in [1.29, 1.82) is 0 Å². The first kappa shape index (κ1) is 13.4. The summed E-state index contributed by atoms with van der Waals surface area (Å²) in [5.41, 5.74) is 7.39. The van der Waals surface area contributed by atoms with Gasteiger partial charge in [0.15, 0.2) is 11.6 Å². The molecule has 0 bridgehead atoms. The van der Waals surface area contributed by atoms with Crippen molar-refractivity contribution < 1.29 is 0 Å². The molecule has 1 aromatic carbocycles. The molecule has 106 valence electrons. The van der Waals surface area contributed by atoms with E-state index in [9.17, 15) is 0 Å². The van der Waals surface area contributed by atoms with Gasteiger partial charge in [0.2, 0.25) is 0 Å². The fraction of sp³-hybridized carbons (Fsp3) is 0.467. The molecule has 2 N–H and O–H groups in total. The lowest BCUT2D eigenvalue weighted by Gasteiger charge is -2.18. The highest BCUT2D eigenvalue weighted by Crippen LogP contribution is 2.33. The minimum Gasteiger partial charge on any atom is -0.399 e. The Labute approximate surface area is 124 Å². The lowest BCUT2D eigenvalue weighted by atomic mass is 9.89. The monoisotopic (exact) mass is 290 g/mol. The van der Waals surface area contributed by atoms with Gasteiger partial charge in [0.1, 0.15) is 0 Å². The SMILES string of the molecule is Cn1nc(C2CCCCC2)nc1-c1cc(N)ccc1Cl. The normalized spacial score (nSPS) is 16.5. The molecule has 1 saturated carbocycles. The second-order valence-corrected chi connectivity index (χ2v) is 5.90. The summed E-state index contributed by atoms with van der Waals surface area (Å²) in [5, 5.41) is 5.24. The molecule has 1 heterocycles. The molecule has 0 spiro atoms. The summed E-state index contributed by atoms with van der Waals surface area (Å²) in [6.07, 6.45) is 6.26. The molecule has 2 aromatic rings. The van der Waals surface area contributed by atoms with E-state index in [4.69, 9.17) is 22.3 Å². The number of halogens is 1. The number of rotatable bonds is 2. The van der Waals surface area contributed by atoms with Crippen LogP contribution >= 0.6 is 11.6 Å². The molecule has 0 unspecified atom stereocenters. The van der Waals surface area contributed by atoms with E-state index < -0.39 is 0 Å². The number of aryl methyl sites for hydroxylation is 1. The number of nitrogen functional groups attached to an aromatic ring is 1. The Morgan fingerprint density at radius 3 is 2.75 bits per heavy atom. The van der Waals surface area contributed by atoms with Gasteiger partial charge in [-0.05, 0) is 31.0 Å². The quantitative estimate of drug-likeness (QED) is 0.857. The number of nitrogens with zero attached hydrogens (tertiary/aromatic N) is 3. The number of hydrogen-bond donors (Lipinski definition) is 1. The number of anilines is 1. The van der Waals surface area contributed by atoms with Crippen LogP contribution in [-0.2, 0) is 7.05 Å². The van der Waals surface area contributed by atoms with Crippen molar-refractivity contribution >= 4 is 17.3 Å². The molecule has 1 fully saturated rings. The number of benzene rings is 1. The van der Waals surface area contributed by atoms with Crippen LogP contribution < -0.4 is 5.73 Å². The predicted molar refractivity (Wildman–Crippen MR) is 81.7 cm³/mol. The molecule has 1 aliphatic rings. The van der Waals surface area contributed by atoms with E-state index in [1.54, 1.807) is 12.1 Å². The molecule has 0 radical (unpaired) electrons. The summed E-state index contributed by atoms with van der Waals surface area (Å²) in [7, 11) is 1.91. The van der Waals surface area contributed by atoms with Crippen molar-refractivity contribution in [3.8, 4) is 11.4 Å². The van der Waals surface area contributed by atoms with E-state index in [1.165, 1.54) is 32.1 Å². The number of hydrogen-bond acceptors (Lipinski definition) is 3. The number of nitrogens with two attached hydrogens (primary N) is 1. The maximum absolute atomic E-state index is 6.26. The first-order chi connectivity index (χ1) is 9.65. The van der Waals surface area contributed by atoms with Crippen molar-refractivity contribution in [2.24, 2.45) is 7.05 Å². The maximum Gasteiger partial charge on any atom is 0.159 e. The van der Waals surface area contributed by atoms with Crippen LogP contribution in [0, 0.1) is 0 Å². The standard InChI is InChI=1S/C15H19ClN4/c1-20-15(12-9-11(17)7-8-13(12)16)18-14(19-20)10-5-3-2-4-6-10/h7-10H,2-6,17H2,1H3. The predicted octanol–water partition coefficient (Wildman–Crippen LogP) is 3.77. The van der Waals surface area contributed by atoms with Crippen LogP contribution in [0.5, 0.6) is 0 Å². The van der Waals surface area contributed by atoms with E-state index in [1.807, 2.05) is 17.8 Å². The van der Waals surface area contributed by atoms with Gasteiger partial charge in [-0.2, -0.15) is 5.10 Å². The van der Waals surface area contributed by atoms with Crippen LogP contribution in [0.1, 0.15) is 43.8 Å². The smallest absolute Gasteiger partial charge is 0.159 e. The largest absolute Gasteiger partial charge is 0.399 e. The van der Waals surface area contributed by atoms with Crippen LogP contribution in [0.3, 0.4) is 0 Å². The lowest BCUT2D eigenvalue weighted by Crippen LogP contribution is -2.06. The van der Waals surface area contributed by atoms with Crippen LogP contribution in [0.4, 0.5) is 5.69 Å². The summed E-state index contributed by atoms with van der Waals surface area (Å²) < 4.78 is 1.81. The second kappa shape index (κ2) is 5.44. The first-order valence-corrected chi connectivity index (χ1v) is 7.49. The molecular weight excluding hydrogens is 272 g/mol. The molecule has 3 rings (SSSR count). The van der Waals surface area contributed by atoms with Gasteiger partial charge in [-0.3, -0.25) is 0 Å². The van der Waals surface area contributed by atoms with E-state index in [-0.39, 0.29) is 0 Å². The highest BCUT2D eigenvalue weighted by Gasteiger charge is 2.22. The Hall–Kier alpha value is -1.55. The third kappa shape index (κ3) is 2.52. The molecule has 0 saturated heterocycles. The highest BCUT2D eigenvalue weighted by atomic mass is 35.5. The van der Waals surface area contributed by atoms with Crippen LogP contribution in [-0.4, -0.2) is 14.8 Å². The molecular formula is C15H19ClN4. The molecule has 4 nitrogen and oxygen atoms in total. The Morgan fingerprint density at radius 2 is 2.00 bits per heavy atom. The van der Waals surface area contributed by atoms with Gasteiger partial charge >= 0.3 is 0 Å². The lowest BCUT2D eigenvalue weighted by molar-refractivity contribution is 0.427. The minimum atomic E-state index is 0.489. The molecule has 20 heavy (non-hydrogen) atoms. The van der Waals surface area contributed by atoms with Crippen LogP contribution in [0.15, 0.2) is 18.2 Å². The highest BCUT2D eigenvalue weighted by molar-refractivity contribution is 6.33. The molecule has 0 aliphatic heterocycles. The molecule has 5 heteroatoms. The Bertz CT molecular complexity index is 614.